The highest BCUT2D eigenvalue weighted by Gasteiger charge is 2.51. The van der Waals surface area contributed by atoms with Gasteiger partial charge in [-0.05, 0) is 64.2 Å². The van der Waals surface area contributed by atoms with E-state index in [-0.39, 0.29) is 12.5 Å². The average Bonchev–Trinajstić information content (AvgIpc) is 3.47. The van der Waals surface area contributed by atoms with Crippen molar-refractivity contribution >= 4 is 5.91 Å². The Hall–Kier alpha value is -2.57. The predicted octanol–water partition coefficient (Wildman–Crippen LogP) is 11.5. The molecule has 9 N–H and O–H groups in total. The summed E-state index contributed by atoms with van der Waals surface area (Å²) in [5.41, 5.74) is 0. The molecule has 2 fully saturated rings. The van der Waals surface area contributed by atoms with E-state index in [0.29, 0.717) is 12.8 Å². The molecule has 14 heteroatoms. The number of aliphatic hydroxyl groups excluding tert-OH is 8. The summed E-state index contributed by atoms with van der Waals surface area (Å²) in [6.07, 6.45) is 49.6. The van der Waals surface area contributed by atoms with Gasteiger partial charge in [0.15, 0.2) is 12.6 Å². The van der Waals surface area contributed by atoms with Crippen molar-refractivity contribution in [2.75, 3.05) is 19.8 Å². The van der Waals surface area contributed by atoms with Gasteiger partial charge in [0.25, 0.3) is 0 Å². The fourth-order valence-electron chi connectivity index (χ4n) is 10.1. The fourth-order valence-corrected chi connectivity index (χ4v) is 10.1. The van der Waals surface area contributed by atoms with E-state index in [4.69, 9.17) is 18.9 Å². The lowest BCUT2D eigenvalue weighted by Crippen LogP contribution is -2.65. The first-order chi connectivity index (χ1) is 38.6. The second kappa shape index (κ2) is 50.0. The summed E-state index contributed by atoms with van der Waals surface area (Å²) in [7, 11) is 0. The smallest absolute Gasteiger partial charge is 0.220 e. The molecule has 79 heavy (non-hydrogen) atoms. The molecule has 2 saturated heterocycles. The molecule has 12 atom stereocenters. The molecule has 1 amide bonds. The molecule has 2 heterocycles. The van der Waals surface area contributed by atoms with E-state index in [1.807, 2.05) is 0 Å². The van der Waals surface area contributed by atoms with Crippen molar-refractivity contribution in [3.8, 4) is 0 Å². The van der Waals surface area contributed by atoms with Crippen LogP contribution < -0.4 is 5.32 Å². The molecule has 0 aliphatic carbocycles. The van der Waals surface area contributed by atoms with Crippen LogP contribution in [0, 0.1) is 0 Å². The van der Waals surface area contributed by atoms with Gasteiger partial charge in [-0.2, -0.15) is 0 Å². The maximum atomic E-state index is 13.2. The van der Waals surface area contributed by atoms with Gasteiger partial charge in [0, 0.05) is 6.42 Å². The number of carbonyl (C=O) groups excluding carboxylic acids is 1. The van der Waals surface area contributed by atoms with Crippen LogP contribution in [0.4, 0.5) is 0 Å². The maximum Gasteiger partial charge on any atom is 0.220 e. The first-order valence-corrected chi connectivity index (χ1v) is 31.7. The minimum Gasteiger partial charge on any atom is -0.394 e. The Balaban J connectivity index is 1.54. The third-order valence-electron chi connectivity index (χ3n) is 15.2. The van der Waals surface area contributed by atoms with Crippen LogP contribution in [0.25, 0.3) is 0 Å². The lowest BCUT2D eigenvalue weighted by molar-refractivity contribution is -0.359. The Labute approximate surface area is 478 Å². The summed E-state index contributed by atoms with van der Waals surface area (Å²) < 4.78 is 22.8. The van der Waals surface area contributed by atoms with Crippen molar-refractivity contribution in [3.05, 3.63) is 72.9 Å². The minimum absolute atomic E-state index is 0.210. The predicted molar refractivity (Wildman–Crippen MR) is 318 cm³/mol. The van der Waals surface area contributed by atoms with Gasteiger partial charge in [0.05, 0.1) is 32.0 Å². The maximum absolute atomic E-state index is 13.2. The quantitative estimate of drug-likeness (QED) is 0.0204. The van der Waals surface area contributed by atoms with Crippen LogP contribution in [0.15, 0.2) is 72.9 Å². The summed E-state index contributed by atoms with van der Waals surface area (Å²) in [5.74, 6) is -0.210. The van der Waals surface area contributed by atoms with Gasteiger partial charge < -0.3 is 65.1 Å². The van der Waals surface area contributed by atoms with Crippen LogP contribution in [0.3, 0.4) is 0 Å². The van der Waals surface area contributed by atoms with Crippen LogP contribution in [0.2, 0.25) is 0 Å². The van der Waals surface area contributed by atoms with Crippen molar-refractivity contribution < 1.29 is 64.6 Å². The van der Waals surface area contributed by atoms with Crippen molar-refractivity contribution in [2.24, 2.45) is 0 Å². The third kappa shape index (κ3) is 35.2. The molecule has 0 bridgehead atoms. The standard InChI is InChI=1S/C65H115NO13/c1-3-5-7-9-11-13-14-15-16-17-18-19-20-21-22-23-24-25-26-27-28-29-30-31-32-33-34-35-36-37-38-39-40-41-43-45-47-49-57(70)66-53(54(69)48-46-44-42-12-10-8-6-4-2)52-76-64-62(75)60(73)63(56(51-68)78-64)79-65-61(74)59(72)58(71)55(50-67)77-65/h5,7,11,13,15-16,18-19,21-22,24-25,53-56,58-65,67-69,71-75H,3-4,6,8-10,12,14,17,20,23,26-52H2,1-2H3,(H,66,70)/b7-5-,13-11-,16-15-,19-18-,22-21-,25-24-. The van der Waals surface area contributed by atoms with Gasteiger partial charge in [-0.1, -0.05) is 241 Å². The molecule has 12 unspecified atom stereocenters. The number of ether oxygens (including phenoxy) is 4. The lowest BCUT2D eigenvalue weighted by atomic mass is 9.97. The van der Waals surface area contributed by atoms with Gasteiger partial charge in [0.1, 0.15) is 48.8 Å². The molecule has 0 radical (unpaired) electrons. The van der Waals surface area contributed by atoms with Crippen molar-refractivity contribution in [1.29, 1.82) is 0 Å². The van der Waals surface area contributed by atoms with E-state index in [1.165, 1.54) is 122 Å². The van der Waals surface area contributed by atoms with Gasteiger partial charge in [-0.15, -0.1) is 0 Å². The van der Waals surface area contributed by atoms with Crippen LogP contribution in [-0.4, -0.2) is 140 Å². The fraction of sp³-hybridized carbons (Fsp3) is 0.800. The Morgan fingerprint density at radius 3 is 1.34 bits per heavy atom. The van der Waals surface area contributed by atoms with E-state index < -0.39 is 86.8 Å². The summed E-state index contributed by atoms with van der Waals surface area (Å²) >= 11 is 0. The zero-order valence-corrected chi connectivity index (χ0v) is 49.3. The van der Waals surface area contributed by atoms with Crippen LogP contribution >= 0.6 is 0 Å². The van der Waals surface area contributed by atoms with Crippen molar-refractivity contribution in [2.45, 2.75) is 312 Å². The number of hydrogen-bond donors (Lipinski definition) is 9. The normalized spacial score (nSPS) is 24.9. The molecule has 2 rings (SSSR count). The number of carbonyl (C=O) groups is 1. The number of aliphatic hydroxyl groups is 8. The van der Waals surface area contributed by atoms with E-state index in [2.05, 4.69) is 92.1 Å². The van der Waals surface area contributed by atoms with Crippen LogP contribution in [0.5, 0.6) is 0 Å². The van der Waals surface area contributed by atoms with E-state index >= 15 is 0 Å². The zero-order valence-electron chi connectivity index (χ0n) is 49.3. The average molecular weight is 1120 g/mol. The molecule has 0 aromatic carbocycles. The molecular weight excluding hydrogens is 1000 g/mol. The number of unbranched alkanes of at least 4 members (excludes halogenated alkanes) is 25. The van der Waals surface area contributed by atoms with Crippen molar-refractivity contribution in [3.63, 3.8) is 0 Å². The lowest BCUT2D eigenvalue weighted by Gasteiger charge is -2.46. The molecular formula is C65H115NO13. The molecule has 0 aromatic heterocycles. The Kier molecular flexibility index (Phi) is 45.9. The largest absolute Gasteiger partial charge is 0.394 e. The van der Waals surface area contributed by atoms with Gasteiger partial charge in [-0.3, -0.25) is 4.79 Å². The minimum atomic E-state index is -1.78. The van der Waals surface area contributed by atoms with E-state index in [1.54, 1.807) is 0 Å². The molecule has 2 aliphatic rings. The SMILES string of the molecule is CC/C=C\C/C=C\C/C=C\C/C=C\C/C=C\C/C=C\CCCCCCCCCCCCCCCCCCCCC(=O)NC(COC1OC(CO)C(OC2OC(CO)C(O)C(O)C2O)C(O)C1O)C(O)CCCCCCCCCC. The molecule has 0 spiro atoms. The van der Waals surface area contributed by atoms with Crippen LogP contribution in [0.1, 0.15) is 239 Å². The first-order valence-electron chi connectivity index (χ1n) is 31.7. The highest BCUT2D eigenvalue weighted by Crippen LogP contribution is 2.30. The summed E-state index contributed by atoms with van der Waals surface area (Å²) in [5, 5.41) is 86.9. The van der Waals surface area contributed by atoms with Crippen molar-refractivity contribution in [1.82, 2.24) is 5.32 Å². The van der Waals surface area contributed by atoms with Gasteiger partial charge in [0.2, 0.25) is 5.91 Å². The van der Waals surface area contributed by atoms with E-state index in [9.17, 15) is 45.6 Å². The number of rotatable bonds is 50. The summed E-state index contributed by atoms with van der Waals surface area (Å²) in [4.78, 5) is 13.2. The van der Waals surface area contributed by atoms with E-state index in [0.717, 1.165) is 89.9 Å². The highest BCUT2D eigenvalue weighted by atomic mass is 16.7. The first kappa shape index (κ1) is 72.5. The Morgan fingerprint density at radius 2 is 0.873 bits per heavy atom. The zero-order chi connectivity index (χ0) is 57.4. The second-order valence-electron chi connectivity index (χ2n) is 22.2. The number of hydrogen-bond acceptors (Lipinski definition) is 13. The number of nitrogens with one attached hydrogen (secondary N) is 1. The molecule has 14 nitrogen and oxygen atoms in total. The molecule has 458 valence electrons. The number of amides is 1. The Bertz CT molecular complexity index is 1600. The summed E-state index contributed by atoms with van der Waals surface area (Å²) in [6, 6.07) is -0.827. The topological polar surface area (TPSA) is 228 Å². The van der Waals surface area contributed by atoms with Gasteiger partial charge in [-0.25, -0.2) is 0 Å². The molecule has 0 saturated carbocycles. The van der Waals surface area contributed by atoms with Gasteiger partial charge >= 0.3 is 0 Å². The summed E-state index contributed by atoms with van der Waals surface area (Å²) in [6.45, 7) is 2.70. The number of allylic oxidation sites excluding steroid dienone is 12. The molecule has 0 aromatic rings. The third-order valence-corrected chi connectivity index (χ3v) is 15.2. The highest BCUT2D eigenvalue weighted by molar-refractivity contribution is 5.76. The Morgan fingerprint density at radius 1 is 0.468 bits per heavy atom. The van der Waals surface area contributed by atoms with Crippen LogP contribution in [-0.2, 0) is 23.7 Å². The molecule has 2 aliphatic heterocycles. The monoisotopic (exact) mass is 1120 g/mol. The second-order valence-corrected chi connectivity index (χ2v) is 22.2.